The summed E-state index contributed by atoms with van der Waals surface area (Å²) in [5.41, 5.74) is 11.2. The summed E-state index contributed by atoms with van der Waals surface area (Å²) in [5.74, 6) is 0.982. The Hall–Kier alpha value is -5.61. The number of fused-ring (bicyclic) bond motifs is 6. The molecule has 0 unspecified atom stereocenters. The van der Waals surface area contributed by atoms with Crippen molar-refractivity contribution in [1.82, 2.24) is 14.1 Å². The van der Waals surface area contributed by atoms with E-state index in [1.54, 1.807) is 0 Å². The van der Waals surface area contributed by atoms with Crippen molar-refractivity contribution in [2.45, 2.75) is 38.8 Å². The molecule has 0 amide bonds. The number of imidazole rings is 1. The van der Waals surface area contributed by atoms with Crippen molar-refractivity contribution in [1.29, 1.82) is 0 Å². The minimum atomic E-state index is -0.252. The molecule has 8 aromatic rings. The lowest BCUT2D eigenvalue weighted by molar-refractivity contribution is 0.253. The molecule has 2 aromatic heterocycles. The highest BCUT2D eigenvalue weighted by atomic mass is 15.4. The summed E-state index contributed by atoms with van der Waals surface area (Å²) in [6.07, 6.45) is 0. The van der Waals surface area contributed by atoms with E-state index in [9.17, 15) is 0 Å². The molecule has 1 aliphatic rings. The van der Waals surface area contributed by atoms with Gasteiger partial charge in [0.25, 0.3) is 0 Å². The molecule has 0 saturated heterocycles. The summed E-state index contributed by atoms with van der Waals surface area (Å²) < 4.78 is 4.88. The molecule has 6 aromatic carbocycles. The number of para-hydroxylation sites is 3. The molecule has 0 aliphatic carbocycles. The predicted molar refractivity (Wildman–Crippen MR) is 197 cm³/mol. The van der Waals surface area contributed by atoms with Crippen molar-refractivity contribution in [3.05, 3.63) is 146 Å². The summed E-state index contributed by atoms with van der Waals surface area (Å²) in [6.45, 7) is 9.38. The van der Waals surface area contributed by atoms with Gasteiger partial charge in [-0.1, -0.05) is 109 Å². The molecule has 0 fully saturated rings. The topological polar surface area (TPSA) is 26.0 Å². The molecule has 0 radical (unpaired) electrons. The smallest absolute Gasteiger partial charge is 0.212 e. The quantitative estimate of drug-likeness (QED) is 0.199. The Balaban J connectivity index is 1.28. The zero-order valence-electron chi connectivity index (χ0n) is 27.1. The molecule has 0 saturated carbocycles. The Morgan fingerprint density at radius 2 is 1.09 bits per heavy atom. The molecule has 0 spiro atoms. The molecular formula is C43H36N4. The molecule has 0 N–H and O–H groups in total. The van der Waals surface area contributed by atoms with Gasteiger partial charge >= 0.3 is 0 Å². The van der Waals surface area contributed by atoms with E-state index >= 15 is 0 Å². The Morgan fingerprint density at radius 3 is 1.85 bits per heavy atom. The lowest BCUT2D eigenvalue weighted by atomic mass is 9.82. The van der Waals surface area contributed by atoms with E-state index in [4.69, 9.17) is 4.98 Å². The van der Waals surface area contributed by atoms with Gasteiger partial charge in [-0.25, -0.2) is 4.98 Å². The average molecular weight is 609 g/mol. The van der Waals surface area contributed by atoms with Crippen LogP contribution in [0.1, 0.15) is 27.7 Å². The lowest BCUT2D eigenvalue weighted by Gasteiger charge is -2.41. The van der Waals surface area contributed by atoms with Crippen molar-refractivity contribution < 1.29 is 0 Å². The molecule has 228 valence electrons. The van der Waals surface area contributed by atoms with Crippen molar-refractivity contribution >= 4 is 44.5 Å². The fourth-order valence-corrected chi connectivity index (χ4v) is 7.76. The van der Waals surface area contributed by atoms with Crippen LogP contribution in [0.3, 0.4) is 0 Å². The zero-order valence-corrected chi connectivity index (χ0v) is 27.1. The molecule has 9 rings (SSSR count). The van der Waals surface area contributed by atoms with Crippen LogP contribution in [0.25, 0.3) is 60.8 Å². The summed E-state index contributed by atoms with van der Waals surface area (Å²) in [6, 6.07) is 52.3. The number of nitrogens with zero attached hydrogens (tertiary/aromatic N) is 4. The van der Waals surface area contributed by atoms with E-state index in [2.05, 4.69) is 187 Å². The van der Waals surface area contributed by atoms with Crippen molar-refractivity contribution in [2.24, 2.45) is 0 Å². The fraction of sp³-hybridized carbons (Fsp3) is 0.140. The zero-order chi connectivity index (χ0) is 31.9. The van der Waals surface area contributed by atoms with Crippen molar-refractivity contribution in [3.8, 4) is 27.9 Å². The molecule has 4 heteroatoms. The molecule has 0 bridgehead atoms. The van der Waals surface area contributed by atoms with Crippen LogP contribution < -0.4 is 4.90 Å². The van der Waals surface area contributed by atoms with Gasteiger partial charge in [-0.3, -0.25) is 0 Å². The van der Waals surface area contributed by atoms with Crippen LogP contribution in [0.2, 0.25) is 0 Å². The summed E-state index contributed by atoms with van der Waals surface area (Å²) in [5, 5.41) is 2.47. The maximum atomic E-state index is 5.44. The average Bonchev–Trinajstić information content (AvgIpc) is 3.69. The minimum absolute atomic E-state index is 0.232. The monoisotopic (exact) mass is 608 g/mol. The number of hydrogen-bond donors (Lipinski definition) is 0. The first-order chi connectivity index (χ1) is 22.9. The molecule has 1 aliphatic heterocycles. The van der Waals surface area contributed by atoms with Crippen LogP contribution in [0, 0.1) is 0 Å². The standard InChI is InChI=1S/C43H36N4/c1-42(2)43(3,4)47-39-25-15-22-33(30-18-9-6-10-19-30)40(39)44-41(47)46(42)31-26-27-38-35(28-31)34-21-12-14-24-37(34)45(38)36-23-13-11-20-32(36)29-16-7-5-8-17-29/h5-28H,1-4H3. The highest BCUT2D eigenvalue weighted by Crippen LogP contribution is 2.53. The number of rotatable bonds is 4. The van der Waals surface area contributed by atoms with Gasteiger partial charge in [-0.15, -0.1) is 0 Å². The molecule has 4 nitrogen and oxygen atoms in total. The molecular weight excluding hydrogens is 573 g/mol. The second-order valence-corrected chi connectivity index (χ2v) is 13.7. The second-order valence-electron chi connectivity index (χ2n) is 13.7. The van der Waals surface area contributed by atoms with Gasteiger partial charge in [0.05, 0.1) is 38.8 Å². The normalized spacial score (nSPS) is 15.1. The third kappa shape index (κ3) is 3.85. The Morgan fingerprint density at radius 1 is 0.489 bits per heavy atom. The van der Waals surface area contributed by atoms with Crippen LogP contribution in [0.5, 0.6) is 0 Å². The van der Waals surface area contributed by atoms with Gasteiger partial charge in [0.2, 0.25) is 5.95 Å². The van der Waals surface area contributed by atoms with Crippen LogP contribution in [-0.4, -0.2) is 19.7 Å². The van der Waals surface area contributed by atoms with E-state index in [0.717, 1.165) is 28.2 Å². The van der Waals surface area contributed by atoms with Gasteiger partial charge in [0.1, 0.15) is 0 Å². The molecule has 47 heavy (non-hydrogen) atoms. The lowest BCUT2D eigenvalue weighted by Crippen LogP contribution is -2.50. The van der Waals surface area contributed by atoms with Crippen LogP contribution in [0.4, 0.5) is 11.6 Å². The van der Waals surface area contributed by atoms with Crippen LogP contribution >= 0.6 is 0 Å². The van der Waals surface area contributed by atoms with Crippen LogP contribution in [-0.2, 0) is 5.54 Å². The maximum absolute atomic E-state index is 5.44. The van der Waals surface area contributed by atoms with E-state index in [-0.39, 0.29) is 11.1 Å². The third-order valence-corrected chi connectivity index (χ3v) is 10.7. The fourth-order valence-electron chi connectivity index (χ4n) is 7.76. The highest BCUT2D eigenvalue weighted by molar-refractivity contribution is 6.11. The highest BCUT2D eigenvalue weighted by Gasteiger charge is 2.53. The summed E-state index contributed by atoms with van der Waals surface area (Å²) in [4.78, 5) is 7.91. The first-order valence-electron chi connectivity index (χ1n) is 16.4. The molecule has 0 atom stereocenters. The van der Waals surface area contributed by atoms with E-state index in [0.29, 0.717) is 0 Å². The van der Waals surface area contributed by atoms with Crippen molar-refractivity contribution in [3.63, 3.8) is 0 Å². The number of benzene rings is 6. The van der Waals surface area contributed by atoms with Gasteiger partial charge < -0.3 is 14.0 Å². The third-order valence-electron chi connectivity index (χ3n) is 10.7. The number of anilines is 2. The number of aromatic nitrogens is 3. The summed E-state index contributed by atoms with van der Waals surface area (Å²) >= 11 is 0. The van der Waals surface area contributed by atoms with E-state index in [1.807, 2.05) is 0 Å². The van der Waals surface area contributed by atoms with E-state index < -0.39 is 0 Å². The minimum Gasteiger partial charge on any atom is -0.309 e. The predicted octanol–water partition coefficient (Wildman–Crippen LogP) is 11.1. The SMILES string of the molecule is CC1(C)N(c2ccc3c(c2)c2ccccc2n3-c2ccccc2-c2ccccc2)c2nc3c(-c4ccccc4)cccc3n2C1(C)C. The van der Waals surface area contributed by atoms with Crippen molar-refractivity contribution in [2.75, 3.05) is 4.90 Å². The largest absolute Gasteiger partial charge is 0.309 e. The summed E-state index contributed by atoms with van der Waals surface area (Å²) in [7, 11) is 0. The second kappa shape index (κ2) is 9.94. The van der Waals surface area contributed by atoms with Gasteiger partial charge in [-0.05, 0) is 75.2 Å². The van der Waals surface area contributed by atoms with E-state index in [1.165, 1.54) is 44.2 Å². The van der Waals surface area contributed by atoms with Gasteiger partial charge in [-0.2, -0.15) is 0 Å². The Labute approximate surface area is 275 Å². The first kappa shape index (κ1) is 27.7. The maximum Gasteiger partial charge on any atom is 0.212 e. The number of hydrogen-bond acceptors (Lipinski definition) is 2. The van der Waals surface area contributed by atoms with Crippen LogP contribution in [0.15, 0.2) is 146 Å². The molecule has 3 heterocycles. The Bertz CT molecular complexity index is 2460. The first-order valence-corrected chi connectivity index (χ1v) is 16.4. The Kier molecular flexibility index (Phi) is 5.86. The van der Waals surface area contributed by atoms with Gasteiger partial charge in [0, 0.05) is 27.6 Å². The van der Waals surface area contributed by atoms with Gasteiger partial charge in [0.15, 0.2) is 0 Å².